The Bertz CT molecular complexity index is 2520. The lowest BCUT2D eigenvalue weighted by Crippen LogP contribution is -2.09. The Morgan fingerprint density at radius 1 is 0.308 bits per heavy atom. The average molecular weight is 682 g/mol. The summed E-state index contributed by atoms with van der Waals surface area (Å²) in [4.78, 5) is 3.60. The van der Waals surface area contributed by atoms with Crippen LogP contribution in [-0.2, 0) is 0 Å². The number of fused-ring (bicyclic) bond motifs is 1. The van der Waals surface area contributed by atoms with Crippen molar-refractivity contribution in [3.8, 4) is 54.9 Å². The number of hydrogen-bond acceptors (Lipinski definition) is 2. The molecule has 52 heavy (non-hydrogen) atoms. The number of thiophene rings is 1. The molecular formula is C50H35NS. The highest BCUT2D eigenvalue weighted by atomic mass is 32.1. The van der Waals surface area contributed by atoms with Crippen molar-refractivity contribution in [1.29, 1.82) is 0 Å². The fourth-order valence-corrected chi connectivity index (χ4v) is 8.63. The number of nitrogens with zero attached hydrogens (tertiary/aromatic N) is 1. The molecule has 0 aliphatic rings. The molecule has 0 aliphatic carbocycles. The lowest BCUT2D eigenvalue weighted by atomic mass is 9.83. The monoisotopic (exact) mass is 681 g/mol. The van der Waals surface area contributed by atoms with E-state index in [-0.39, 0.29) is 0 Å². The highest BCUT2D eigenvalue weighted by Gasteiger charge is 2.25. The molecule has 0 N–H and O–H groups in total. The smallest absolute Gasteiger partial charge is 0.0462 e. The molecule has 0 saturated carbocycles. The molecule has 1 nitrogen and oxygen atoms in total. The summed E-state index contributed by atoms with van der Waals surface area (Å²) in [6.45, 7) is 0. The van der Waals surface area contributed by atoms with Crippen LogP contribution in [0.2, 0.25) is 0 Å². The van der Waals surface area contributed by atoms with Crippen LogP contribution in [0.5, 0.6) is 0 Å². The van der Waals surface area contributed by atoms with E-state index >= 15 is 0 Å². The summed E-state index contributed by atoms with van der Waals surface area (Å²) in [7, 11) is 0. The van der Waals surface area contributed by atoms with Gasteiger partial charge >= 0.3 is 0 Å². The maximum atomic E-state index is 2.44. The molecule has 8 aromatic carbocycles. The Labute approximate surface area is 309 Å². The zero-order valence-corrected chi connectivity index (χ0v) is 29.4. The van der Waals surface area contributed by atoms with Gasteiger partial charge in [0, 0.05) is 37.6 Å². The molecule has 2 heteroatoms. The number of hydrogen-bond donors (Lipinski definition) is 0. The van der Waals surface area contributed by atoms with Crippen molar-refractivity contribution in [2.75, 3.05) is 4.90 Å². The molecule has 1 heterocycles. The number of benzene rings is 8. The van der Waals surface area contributed by atoms with Crippen LogP contribution in [0.1, 0.15) is 0 Å². The third kappa shape index (κ3) is 5.90. The van der Waals surface area contributed by atoms with E-state index in [4.69, 9.17) is 0 Å². The summed E-state index contributed by atoms with van der Waals surface area (Å²) < 4.78 is 1.27. The van der Waals surface area contributed by atoms with Crippen molar-refractivity contribution in [1.82, 2.24) is 0 Å². The fraction of sp³-hybridized carbons (Fsp3) is 0. The minimum atomic E-state index is 1.11. The SMILES string of the molecule is c1ccc(-c2sc3cc(-c4ccc(N(c5ccccc5)c5ccccc5)cc4)c(-c4ccccc4)c(-c4ccccc4)c3c2-c2ccccc2)cc1. The van der Waals surface area contributed by atoms with Gasteiger partial charge in [0.15, 0.2) is 0 Å². The Balaban J connectivity index is 1.34. The minimum Gasteiger partial charge on any atom is -0.311 e. The summed E-state index contributed by atoms with van der Waals surface area (Å²) in [5.41, 5.74) is 14.4. The van der Waals surface area contributed by atoms with Crippen LogP contribution < -0.4 is 4.90 Å². The fourth-order valence-electron chi connectivity index (χ4n) is 7.35. The van der Waals surface area contributed by atoms with E-state index in [9.17, 15) is 0 Å². The summed E-state index contributed by atoms with van der Waals surface area (Å²) >= 11 is 1.89. The molecule has 246 valence electrons. The van der Waals surface area contributed by atoms with Crippen LogP contribution in [0.25, 0.3) is 65.0 Å². The first-order valence-electron chi connectivity index (χ1n) is 17.7. The first-order valence-corrected chi connectivity index (χ1v) is 18.5. The molecule has 1 aromatic heterocycles. The van der Waals surface area contributed by atoms with E-state index in [1.807, 2.05) is 11.3 Å². The molecule has 9 aromatic rings. The van der Waals surface area contributed by atoms with Crippen LogP contribution >= 0.6 is 11.3 Å². The predicted molar refractivity (Wildman–Crippen MR) is 224 cm³/mol. The van der Waals surface area contributed by atoms with Crippen molar-refractivity contribution in [3.05, 3.63) is 212 Å². The zero-order chi connectivity index (χ0) is 34.7. The molecule has 0 aliphatic heterocycles. The zero-order valence-electron chi connectivity index (χ0n) is 28.6. The van der Waals surface area contributed by atoms with Crippen molar-refractivity contribution < 1.29 is 0 Å². The van der Waals surface area contributed by atoms with E-state index in [1.54, 1.807) is 0 Å². The largest absolute Gasteiger partial charge is 0.311 e. The van der Waals surface area contributed by atoms with E-state index in [1.165, 1.54) is 65.0 Å². The van der Waals surface area contributed by atoms with Gasteiger partial charge < -0.3 is 4.90 Å². The lowest BCUT2D eigenvalue weighted by molar-refractivity contribution is 1.28. The molecule has 0 fully saturated rings. The van der Waals surface area contributed by atoms with Crippen LogP contribution in [0.15, 0.2) is 212 Å². The van der Waals surface area contributed by atoms with Gasteiger partial charge in [0.1, 0.15) is 0 Å². The van der Waals surface area contributed by atoms with Gasteiger partial charge in [-0.3, -0.25) is 0 Å². The Hall–Kier alpha value is -6.48. The Kier molecular flexibility index (Phi) is 8.50. The highest BCUT2D eigenvalue weighted by molar-refractivity contribution is 7.23. The normalized spacial score (nSPS) is 11.1. The van der Waals surface area contributed by atoms with Crippen molar-refractivity contribution >= 4 is 38.5 Å². The van der Waals surface area contributed by atoms with Gasteiger partial charge in [-0.15, -0.1) is 11.3 Å². The lowest BCUT2D eigenvalue weighted by Gasteiger charge is -2.26. The van der Waals surface area contributed by atoms with Crippen molar-refractivity contribution in [2.24, 2.45) is 0 Å². The number of para-hydroxylation sites is 2. The molecule has 0 unspecified atom stereocenters. The van der Waals surface area contributed by atoms with Crippen LogP contribution in [0, 0.1) is 0 Å². The standard InChI is InChI=1S/C50H35NS/c1-7-19-37(20-8-1)46-44(36-31-33-43(34-32-36)51(41-27-15-5-16-28-41)42-29-17-6-18-30-42)35-45-49(47(46)38-21-9-2-10-22-38)48(39-23-11-3-12-24-39)50(52-45)40-25-13-4-14-26-40/h1-35H. The van der Waals surface area contributed by atoms with Gasteiger partial charge in [-0.05, 0) is 87.0 Å². The van der Waals surface area contributed by atoms with Gasteiger partial charge in [0.05, 0.1) is 0 Å². The quantitative estimate of drug-likeness (QED) is 0.154. The minimum absolute atomic E-state index is 1.11. The maximum absolute atomic E-state index is 2.44. The second-order valence-electron chi connectivity index (χ2n) is 12.9. The third-order valence-electron chi connectivity index (χ3n) is 9.67. The van der Waals surface area contributed by atoms with Gasteiger partial charge in [-0.25, -0.2) is 0 Å². The second-order valence-corrected chi connectivity index (χ2v) is 13.9. The van der Waals surface area contributed by atoms with Crippen LogP contribution in [0.3, 0.4) is 0 Å². The summed E-state index contributed by atoms with van der Waals surface area (Å²) in [5, 5.41) is 1.29. The summed E-state index contributed by atoms with van der Waals surface area (Å²) in [5.74, 6) is 0. The van der Waals surface area contributed by atoms with Crippen LogP contribution in [0.4, 0.5) is 17.1 Å². The molecule has 0 spiro atoms. The number of rotatable bonds is 8. The first kappa shape index (κ1) is 31.5. The van der Waals surface area contributed by atoms with E-state index in [0.29, 0.717) is 0 Å². The van der Waals surface area contributed by atoms with Gasteiger partial charge in [-0.2, -0.15) is 0 Å². The molecule has 0 saturated heterocycles. The van der Waals surface area contributed by atoms with Crippen molar-refractivity contribution in [2.45, 2.75) is 0 Å². The third-order valence-corrected chi connectivity index (χ3v) is 10.9. The topological polar surface area (TPSA) is 3.24 Å². The molecule has 0 radical (unpaired) electrons. The average Bonchev–Trinajstić information content (AvgIpc) is 3.62. The van der Waals surface area contributed by atoms with E-state index < -0.39 is 0 Å². The second kappa shape index (κ2) is 14.0. The van der Waals surface area contributed by atoms with Gasteiger partial charge in [0.25, 0.3) is 0 Å². The first-order chi connectivity index (χ1) is 25.8. The van der Waals surface area contributed by atoms with Gasteiger partial charge in [-0.1, -0.05) is 170 Å². The maximum Gasteiger partial charge on any atom is 0.0462 e. The molecule has 0 bridgehead atoms. The Morgan fingerprint density at radius 3 is 1.17 bits per heavy atom. The molecule has 9 rings (SSSR count). The summed E-state index contributed by atoms with van der Waals surface area (Å²) in [6.07, 6.45) is 0. The highest BCUT2D eigenvalue weighted by Crippen LogP contribution is 2.53. The number of anilines is 3. The molecule has 0 amide bonds. The van der Waals surface area contributed by atoms with Gasteiger partial charge in [0.2, 0.25) is 0 Å². The summed E-state index contributed by atoms with van der Waals surface area (Å²) in [6, 6.07) is 76.4. The molecule has 0 atom stereocenters. The van der Waals surface area contributed by atoms with Crippen LogP contribution in [-0.4, -0.2) is 0 Å². The van der Waals surface area contributed by atoms with E-state index in [0.717, 1.165) is 17.1 Å². The van der Waals surface area contributed by atoms with Crippen molar-refractivity contribution in [3.63, 3.8) is 0 Å². The predicted octanol–water partition coefficient (Wildman–Crippen LogP) is 14.7. The Morgan fingerprint density at radius 2 is 0.692 bits per heavy atom. The molecular weight excluding hydrogens is 647 g/mol. The van der Waals surface area contributed by atoms with E-state index in [2.05, 4.69) is 217 Å².